The Morgan fingerprint density at radius 1 is 1.10 bits per heavy atom. The van der Waals surface area contributed by atoms with Gasteiger partial charge in [0.15, 0.2) is 17.5 Å². The number of carbonyl (C=O) groups is 1. The molecule has 31 heavy (non-hydrogen) atoms. The van der Waals surface area contributed by atoms with Gasteiger partial charge in [0.25, 0.3) is 0 Å². The quantitative estimate of drug-likeness (QED) is 0.299. The van der Waals surface area contributed by atoms with Crippen LogP contribution in [0.2, 0.25) is 0 Å². The number of hydrogen-bond acceptors (Lipinski definition) is 4. The normalized spacial score (nSPS) is 17.7. The molecule has 0 spiro atoms. The average molecular weight is 536 g/mol. The lowest BCUT2D eigenvalue weighted by Gasteiger charge is -2.27. The molecule has 8 heteroatoms. The SMILES string of the molecule is CN=C(NCc1cccc(NC(=O)C2CCC2)c1)NCC1COc2ccccc2O1.I. The van der Waals surface area contributed by atoms with Gasteiger partial charge in [-0.3, -0.25) is 9.79 Å². The highest BCUT2D eigenvalue weighted by molar-refractivity contribution is 14.0. The van der Waals surface area contributed by atoms with Crippen LogP contribution >= 0.6 is 24.0 Å². The highest BCUT2D eigenvalue weighted by atomic mass is 127. The van der Waals surface area contributed by atoms with E-state index in [1.165, 1.54) is 0 Å². The third-order valence-electron chi connectivity index (χ3n) is 5.42. The molecule has 166 valence electrons. The van der Waals surface area contributed by atoms with E-state index in [-0.39, 0.29) is 41.9 Å². The van der Waals surface area contributed by atoms with Crippen molar-refractivity contribution in [3.05, 3.63) is 54.1 Å². The van der Waals surface area contributed by atoms with Gasteiger partial charge in [0.05, 0.1) is 6.54 Å². The fourth-order valence-corrected chi connectivity index (χ4v) is 3.45. The van der Waals surface area contributed by atoms with Crippen molar-refractivity contribution < 1.29 is 14.3 Å². The third kappa shape index (κ3) is 6.25. The summed E-state index contributed by atoms with van der Waals surface area (Å²) in [4.78, 5) is 16.4. The molecule has 1 unspecified atom stereocenters. The number of anilines is 1. The maximum atomic E-state index is 12.2. The van der Waals surface area contributed by atoms with Gasteiger partial charge in [0.2, 0.25) is 5.91 Å². The van der Waals surface area contributed by atoms with Crippen molar-refractivity contribution >= 4 is 41.5 Å². The molecular formula is C23H29IN4O3. The topological polar surface area (TPSA) is 84.0 Å². The largest absolute Gasteiger partial charge is 0.486 e. The number of fused-ring (bicyclic) bond motifs is 1. The number of benzene rings is 2. The first-order chi connectivity index (χ1) is 14.7. The molecule has 2 aromatic carbocycles. The van der Waals surface area contributed by atoms with E-state index in [2.05, 4.69) is 20.9 Å². The number of halogens is 1. The Balaban J connectivity index is 0.00000272. The third-order valence-corrected chi connectivity index (χ3v) is 5.42. The van der Waals surface area contributed by atoms with Crippen molar-refractivity contribution in [2.24, 2.45) is 10.9 Å². The molecule has 4 rings (SSSR count). The molecule has 7 nitrogen and oxygen atoms in total. The molecule has 0 aromatic heterocycles. The van der Waals surface area contributed by atoms with Crippen molar-refractivity contribution in [1.29, 1.82) is 0 Å². The minimum Gasteiger partial charge on any atom is -0.486 e. The van der Waals surface area contributed by atoms with E-state index >= 15 is 0 Å². The number of para-hydroxylation sites is 2. The van der Waals surface area contributed by atoms with Crippen LogP contribution in [-0.4, -0.2) is 38.2 Å². The van der Waals surface area contributed by atoms with E-state index in [1.807, 2.05) is 48.5 Å². The molecule has 3 N–H and O–H groups in total. The molecule has 1 fully saturated rings. The number of aliphatic imine (C=N–C) groups is 1. The summed E-state index contributed by atoms with van der Waals surface area (Å²) < 4.78 is 11.7. The van der Waals surface area contributed by atoms with Crippen LogP contribution in [0.1, 0.15) is 24.8 Å². The van der Waals surface area contributed by atoms with Crippen molar-refractivity contribution in [3.8, 4) is 11.5 Å². The smallest absolute Gasteiger partial charge is 0.227 e. The molecule has 1 aliphatic carbocycles. The van der Waals surface area contributed by atoms with Crippen molar-refractivity contribution in [2.75, 3.05) is 25.5 Å². The second-order valence-corrected chi connectivity index (χ2v) is 7.62. The summed E-state index contributed by atoms with van der Waals surface area (Å²) in [5.41, 5.74) is 1.90. The van der Waals surface area contributed by atoms with E-state index in [0.717, 1.165) is 42.0 Å². The number of ether oxygens (including phenoxy) is 2. The first kappa shape index (κ1) is 23.2. The second kappa shape index (κ2) is 11.2. The lowest BCUT2D eigenvalue weighted by Crippen LogP contribution is -2.45. The Morgan fingerprint density at radius 2 is 1.90 bits per heavy atom. The lowest BCUT2D eigenvalue weighted by atomic mass is 9.85. The number of guanidine groups is 1. The van der Waals surface area contributed by atoms with Crippen molar-refractivity contribution in [3.63, 3.8) is 0 Å². The number of hydrogen-bond donors (Lipinski definition) is 3. The predicted molar refractivity (Wildman–Crippen MR) is 132 cm³/mol. The molecule has 1 heterocycles. The van der Waals surface area contributed by atoms with E-state index in [0.29, 0.717) is 25.7 Å². The zero-order valence-corrected chi connectivity index (χ0v) is 19.9. The Bertz CT molecular complexity index is 917. The Labute approximate surface area is 200 Å². The fourth-order valence-electron chi connectivity index (χ4n) is 3.45. The molecule has 1 aliphatic heterocycles. The summed E-state index contributed by atoms with van der Waals surface area (Å²) >= 11 is 0. The maximum absolute atomic E-state index is 12.2. The number of nitrogens with zero attached hydrogens (tertiary/aromatic N) is 1. The standard InChI is InChI=1S/C23H28N4O3.HI/c1-24-23(26-14-19-15-29-20-10-2-3-11-21(20)30-19)25-13-16-6-4-9-18(12-16)27-22(28)17-7-5-8-17;/h2-4,6,9-12,17,19H,5,7-8,13-15H2,1H3,(H,27,28)(H2,24,25,26);1H. The van der Waals surface area contributed by atoms with Crippen LogP contribution in [0.15, 0.2) is 53.5 Å². The Hall–Kier alpha value is -2.49. The molecule has 1 amide bonds. The van der Waals surface area contributed by atoms with Gasteiger partial charge in [0.1, 0.15) is 12.7 Å². The van der Waals surface area contributed by atoms with Crippen LogP contribution in [0.4, 0.5) is 5.69 Å². The second-order valence-electron chi connectivity index (χ2n) is 7.62. The van der Waals surface area contributed by atoms with Crippen LogP contribution in [0.3, 0.4) is 0 Å². The molecule has 0 saturated heterocycles. The van der Waals surface area contributed by atoms with Gasteiger partial charge in [-0.25, -0.2) is 0 Å². The zero-order chi connectivity index (χ0) is 20.8. The van der Waals surface area contributed by atoms with Crippen molar-refractivity contribution in [1.82, 2.24) is 10.6 Å². The maximum Gasteiger partial charge on any atom is 0.227 e. The van der Waals surface area contributed by atoms with Crippen LogP contribution in [0, 0.1) is 5.92 Å². The van der Waals surface area contributed by atoms with Crippen LogP contribution < -0.4 is 25.4 Å². The zero-order valence-electron chi connectivity index (χ0n) is 17.6. The van der Waals surface area contributed by atoms with Crippen LogP contribution in [-0.2, 0) is 11.3 Å². The molecule has 2 aromatic rings. The monoisotopic (exact) mass is 536 g/mol. The molecule has 2 aliphatic rings. The average Bonchev–Trinajstić information content (AvgIpc) is 2.72. The highest BCUT2D eigenvalue weighted by Crippen LogP contribution is 2.30. The summed E-state index contributed by atoms with van der Waals surface area (Å²) in [6, 6.07) is 15.6. The van der Waals surface area contributed by atoms with Gasteiger partial charge in [-0.15, -0.1) is 24.0 Å². The minimum atomic E-state index is -0.0940. The number of carbonyl (C=O) groups excluding carboxylic acids is 1. The highest BCUT2D eigenvalue weighted by Gasteiger charge is 2.25. The summed E-state index contributed by atoms with van der Waals surface area (Å²) in [5, 5.41) is 9.60. The summed E-state index contributed by atoms with van der Waals surface area (Å²) in [6.45, 7) is 1.66. The molecular weight excluding hydrogens is 507 g/mol. The molecule has 0 bridgehead atoms. The van der Waals surface area contributed by atoms with E-state index in [9.17, 15) is 4.79 Å². The molecule has 0 radical (unpaired) electrons. The van der Waals surface area contributed by atoms with E-state index in [1.54, 1.807) is 7.05 Å². The van der Waals surface area contributed by atoms with Gasteiger partial charge < -0.3 is 25.4 Å². The minimum absolute atomic E-state index is 0. The summed E-state index contributed by atoms with van der Waals surface area (Å²) in [7, 11) is 1.73. The molecule has 1 atom stereocenters. The fraction of sp³-hybridized carbons (Fsp3) is 0.391. The summed E-state index contributed by atoms with van der Waals surface area (Å²) in [5.74, 6) is 2.52. The molecule has 1 saturated carbocycles. The Kier molecular flexibility index (Phi) is 8.39. The van der Waals surface area contributed by atoms with Crippen LogP contribution in [0.5, 0.6) is 11.5 Å². The van der Waals surface area contributed by atoms with Crippen molar-refractivity contribution in [2.45, 2.75) is 31.9 Å². The van der Waals surface area contributed by atoms with Gasteiger partial charge >= 0.3 is 0 Å². The van der Waals surface area contributed by atoms with Gasteiger partial charge in [-0.2, -0.15) is 0 Å². The van der Waals surface area contributed by atoms with E-state index in [4.69, 9.17) is 9.47 Å². The van der Waals surface area contributed by atoms with Gasteiger partial charge in [-0.1, -0.05) is 30.7 Å². The first-order valence-corrected chi connectivity index (χ1v) is 10.4. The van der Waals surface area contributed by atoms with Gasteiger partial charge in [0, 0.05) is 25.2 Å². The number of rotatable bonds is 6. The lowest BCUT2D eigenvalue weighted by molar-refractivity contribution is -0.122. The van der Waals surface area contributed by atoms with Gasteiger partial charge in [-0.05, 0) is 42.7 Å². The van der Waals surface area contributed by atoms with E-state index < -0.39 is 0 Å². The van der Waals surface area contributed by atoms with Crippen LogP contribution in [0.25, 0.3) is 0 Å². The summed E-state index contributed by atoms with van der Waals surface area (Å²) in [6.07, 6.45) is 3.05. The number of nitrogens with one attached hydrogen (secondary N) is 3. The number of amides is 1. The predicted octanol–water partition coefficient (Wildman–Crippen LogP) is 3.55. The Morgan fingerprint density at radius 3 is 2.65 bits per heavy atom. The first-order valence-electron chi connectivity index (χ1n) is 10.4.